The summed E-state index contributed by atoms with van der Waals surface area (Å²) in [5.41, 5.74) is 0. The molecular formula is C7H12O5S. The van der Waals surface area contributed by atoms with Crippen molar-refractivity contribution in [2.45, 2.75) is 18.9 Å². The van der Waals surface area contributed by atoms with Crippen molar-refractivity contribution >= 4 is 15.8 Å². The molecule has 1 aliphatic heterocycles. The summed E-state index contributed by atoms with van der Waals surface area (Å²) in [7, 11) is -3.14. The molecule has 1 rings (SSSR count). The van der Waals surface area contributed by atoms with Crippen LogP contribution in [0.25, 0.3) is 0 Å². The largest absolute Gasteiger partial charge is 0.481 e. The van der Waals surface area contributed by atoms with Crippen molar-refractivity contribution in [3.8, 4) is 0 Å². The standard InChI is InChI=1S/C7H12O5S/c8-6-4-13(11,12)2-1-5(6)3-7(9)10/h5-6,8H,1-4H2,(H,9,10). The summed E-state index contributed by atoms with van der Waals surface area (Å²) in [5, 5.41) is 17.8. The van der Waals surface area contributed by atoms with Gasteiger partial charge in [-0.25, -0.2) is 8.42 Å². The highest BCUT2D eigenvalue weighted by Gasteiger charge is 2.32. The van der Waals surface area contributed by atoms with Crippen molar-refractivity contribution in [2.75, 3.05) is 11.5 Å². The second kappa shape index (κ2) is 3.63. The zero-order valence-corrected chi connectivity index (χ0v) is 7.83. The van der Waals surface area contributed by atoms with Crippen LogP contribution in [-0.2, 0) is 14.6 Å². The maximum atomic E-state index is 11.0. The van der Waals surface area contributed by atoms with Crippen LogP contribution in [-0.4, -0.2) is 42.2 Å². The first kappa shape index (κ1) is 10.5. The molecule has 2 atom stereocenters. The molecule has 0 saturated carbocycles. The predicted octanol–water partition coefficient (Wildman–Crippen LogP) is -0.743. The van der Waals surface area contributed by atoms with Gasteiger partial charge in [0.1, 0.15) is 0 Å². The van der Waals surface area contributed by atoms with Gasteiger partial charge in [0.15, 0.2) is 9.84 Å². The number of rotatable bonds is 2. The van der Waals surface area contributed by atoms with Crippen LogP contribution >= 0.6 is 0 Å². The number of carboxylic acids is 1. The minimum atomic E-state index is -3.14. The van der Waals surface area contributed by atoms with E-state index >= 15 is 0 Å². The van der Waals surface area contributed by atoms with Crippen LogP contribution in [0, 0.1) is 5.92 Å². The summed E-state index contributed by atoms with van der Waals surface area (Å²) >= 11 is 0. The van der Waals surface area contributed by atoms with Gasteiger partial charge in [0.05, 0.1) is 24.0 Å². The van der Waals surface area contributed by atoms with Crippen LogP contribution in [0.1, 0.15) is 12.8 Å². The maximum Gasteiger partial charge on any atom is 0.303 e. The van der Waals surface area contributed by atoms with E-state index < -0.39 is 27.8 Å². The van der Waals surface area contributed by atoms with Gasteiger partial charge in [-0.15, -0.1) is 0 Å². The fourth-order valence-corrected chi connectivity index (χ4v) is 3.09. The fraction of sp³-hybridized carbons (Fsp3) is 0.857. The highest BCUT2D eigenvalue weighted by Crippen LogP contribution is 2.22. The van der Waals surface area contributed by atoms with Crippen LogP contribution in [0.5, 0.6) is 0 Å². The van der Waals surface area contributed by atoms with E-state index in [0.717, 1.165) is 0 Å². The summed E-state index contributed by atoms with van der Waals surface area (Å²) < 4.78 is 22.0. The van der Waals surface area contributed by atoms with Gasteiger partial charge in [-0.05, 0) is 12.3 Å². The SMILES string of the molecule is O=C(O)CC1CCS(=O)(=O)CC1O. The van der Waals surface area contributed by atoms with Gasteiger partial charge < -0.3 is 10.2 Å². The number of carboxylic acid groups (broad SMARTS) is 1. The van der Waals surface area contributed by atoms with E-state index in [9.17, 15) is 18.3 Å². The topological polar surface area (TPSA) is 91.7 Å². The second-order valence-corrected chi connectivity index (χ2v) is 5.56. The summed E-state index contributed by atoms with van der Waals surface area (Å²) in [6.07, 6.45) is -0.929. The lowest BCUT2D eigenvalue weighted by Crippen LogP contribution is -2.37. The zero-order valence-electron chi connectivity index (χ0n) is 7.01. The zero-order chi connectivity index (χ0) is 10.1. The number of sulfone groups is 1. The summed E-state index contributed by atoms with van der Waals surface area (Å²) in [5.74, 6) is -1.73. The van der Waals surface area contributed by atoms with Crippen LogP contribution in [0.3, 0.4) is 0 Å². The molecule has 5 nitrogen and oxygen atoms in total. The molecule has 0 aromatic heterocycles. The Bertz CT molecular complexity index is 294. The van der Waals surface area contributed by atoms with Crippen molar-refractivity contribution in [1.29, 1.82) is 0 Å². The Morgan fingerprint density at radius 1 is 1.46 bits per heavy atom. The molecule has 2 unspecified atom stereocenters. The number of hydrogen-bond donors (Lipinski definition) is 2. The molecular weight excluding hydrogens is 196 g/mol. The Labute approximate surface area is 76.3 Å². The Hall–Kier alpha value is -0.620. The number of aliphatic hydroxyl groups excluding tert-OH is 1. The van der Waals surface area contributed by atoms with E-state index in [4.69, 9.17) is 5.11 Å². The Balaban J connectivity index is 2.59. The number of carbonyl (C=O) groups is 1. The molecule has 0 spiro atoms. The van der Waals surface area contributed by atoms with Crippen molar-refractivity contribution in [3.05, 3.63) is 0 Å². The molecule has 0 aromatic carbocycles. The Morgan fingerprint density at radius 2 is 2.08 bits per heavy atom. The molecule has 6 heteroatoms. The number of aliphatic carboxylic acids is 1. The van der Waals surface area contributed by atoms with Crippen molar-refractivity contribution in [3.63, 3.8) is 0 Å². The lowest BCUT2D eigenvalue weighted by Gasteiger charge is -2.25. The Kier molecular flexibility index (Phi) is 2.92. The van der Waals surface area contributed by atoms with E-state index in [2.05, 4.69) is 0 Å². The van der Waals surface area contributed by atoms with E-state index in [0.29, 0.717) is 0 Å². The molecule has 1 aliphatic rings. The van der Waals surface area contributed by atoms with E-state index in [1.165, 1.54) is 0 Å². The molecule has 0 bridgehead atoms. The molecule has 0 aliphatic carbocycles. The predicted molar refractivity (Wildman–Crippen MR) is 45.0 cm³/mol. The Morgan fingerprint density at radius 3 is 2.54 bits per heavy atom. The van der Waals surface area contributed by atoms with E-state index in [1.807, 2.05) is 0 Å². The first-order valence-corrected chi connectivity index (χ1v) is 5.83. The van der Waals surface area contributed by atoms with Gasteiger partial charge in [0, 0.05) is 0 Å². The molecule has 0 aromatic rings. The van der Waals surface area contributed by atoms with Crippen molar-refractivity contribution in [2.24, 2.45) is 5.92 Å². The fourth-order valence-electron chi connectivity index (χ4n) is 1.47. The highest BCUT2D eigenvalue weighted by atomic mass is 32.2. The highest BCUT2D eigenvalue weighted by molar-refractivity contribution is 7.91. The monoisotopic (exact) mass is 208 g/mol. The van der Waals surface area contributed by atoms with E-state index in [1.54, 1.807) is 0 Å². The third-order valence-corrected chi connectivity index (χ3v) is 3.91. The maximum absolute atomic E-state index is 11.0. The molecule has 1 heterocycles. The lowest BCUT2D eigenvalue weighted by atomic mass is 9.96. The average molecular weight is 208 g/mol. The minimum Gasteiger partial charge on any atom is -0.481 e. The molecule has 76 valence electrons. The first-order valence-electron chi connectivity index (χ1n) is 4.01. The smallest absolute Gasteiger partial charge is 0.303 e. The van der Waals surface area contributed by atoms with Crippen molar-refractivity contribution < 1.29 is 23.4 Å². The lowest BCUT2D eigenvalue weighted by molar-refractivity contribution is -0.139. The van der Waals surface area contributed by atoms with Gasteiger partial charge in [-0.2, -0.15) is 0 Å². The van der Waals surface area contributed by atoms with Gasteiger partial charge in [-0.3, -0.25) is 4.79 Å². The quantitative estimate of drug-likeness (QED) is 0.623. The summed E-state index contributed by atoms with van der Waals surface area (Å²) in [4.78, 5) is 10.3. The third kappa shape index (κ3) is 2.96. The molecule has 1 fully saturated rings. The summed E-state index contributed by atoms with van der Waals surface area (Å²) in [6.45, 7) is 0. The van der Waals surface area contributed by atoms with Gasteiger partial charge in [-0.1, -0.05) is 0 Å². The normalized spacial score (nSPS) is 32.7. The van der Waals surface area contributed by atoms with Crippen LogP contribution in [0.2, 0.25) is 0 Å². The second-order valence-electron chi connectivity index (χ2n) is 3.33. The number of aliphatic hydroxyl groups is 1. The number of hydrogen-bond acceptors (Lipinski definition) is 4. The molecule has 13 heavy (non-hydrogen) atoms. The summed E-state index contributed by atoms with van der Waals surface area (Å²) in [6, 6.07) is 0. The van der Waals surface area contributed by atoms with Crippen molar-refractivity contribution in [1.82, 2.24) is 0 Å². The van der Waals surface area contributed by atoms with Crippen LogP contribution < -0.4 is 0 Å². The molecule has 0 radical (unpaired) electrons. The van der Waals surface area contributed by atoms with Crippen LogP contribution in [0.4, 0.5) is 0 Å². The van der Waals surface area contributed by atoms with Gasteiger partial charge >= 0.3 is 5.97 Å². The van der Waals surface area contributed by atoms with Gasteiger partial charge in [0.25, 0.3) is 0 Å². The molecule has 1 saturated heterocycles. The first-order chi connectivity index (χ1) is 5.91. The van der Waals surface area contributed by atoms with Crippen LogP contribution in [0.15, 0.2) is 0 Å². The minimum absolute atomic E-state index is 0.0119. The third-order valence-electron chi connectivity index (χ3n) is 2.21. The van der Waals surface area contributed by atoms with Gasteiger partial charge in [0.2, 0.25) is 0 Å². The average Bonchev–Trinajstić information content (AvgIpc) is 1.93. The molecule has 2 N–H and O–H groups in total. The van der Waals surface area contributed by atoms with E-state index in [-0.39, 0.29) is 24.3 Å². The molecule has 0 amide bonds.